The van der Waals surface area contributed by atoms with Crippen molar-refractivity contribution >= 4 is 0 Å². The number of nitrogens with one attached hydrogen (secondary N) is 1. The fourth-order valence-corrected chi connectivity index (χ4v) is 2.93. The Labute approximate surface area is 125 Å². The van der Waals surface area contributed by atoms with Crippen molar-refractivity contribution < 1.29 is 4.74 Å². The van der Waals surface area contributed by atoms with Crippen molar-refractivity contribution in [3.8, 4) is 11.5 Å². The van der Waals surface area contributed by atoms with Crippen LogP contribution in [0.2, 0.25) is 0 Å². The van der Waals surface area contributed by atoms with Gasteiger partial charge < -0.3 is 10.1 Å². The molecule has 0 aliphatic heterocycles. The first-order chi connectivity index (χ1) is 10.4. The number of ether oxygens (including phenoxy) is 1. The molecule has 0 amide bonds. The van der Waals surface area contributed by atoms with Gasteiger partial charge in [0.2, 0.25) is 0 Å². The quantitative estimate of drug-likeness (QED) is 0.908. The summed E-state index contributed by atoms with van der Waals surface area (Å²) in [5.41, 5.74) is 4.09. The van der Waals surface area contributed by atoms with Crippen LogP contribution in [-0.2, 0) is 19.4 Å². The first-order valence-electron chi connectivity index (χ1n) is 7.84. The highest BCUT2D eigenvalue weighted by Crippen LogP contribution is 2.30. The Morgan fingerprint density at radius 2 is 2.05 bits per heavy atom. The van der Waals surface area contributed by atoms with E-state index in [9.17, 15) is 0 Å². The van der Waals surface area contributed by atoms with Gasteiger partial charge in [-0.15, -0.1) is 0 Å². The van der Waals surface area contributed by atoms with E-state index in [1.807, 2.05) is 18.5 Å². The van der Waals surface area contributed by atoms with Crippen molar-refractivity contribution in [2.75, 3.05) is 0 Å². The molecule has 0 unspecified atom stereocenters. The summed E-state index contributed by atoms with van der Waals surface area (Å²) in [7, 11) is 0. The SMILES string of the molecule is c1cc(CNC2CC2)c(Oc2ccc3c(c2)CCC3)cn1. The van der Waals surface area contributed by atoms with Gasteiger partial charge in [-0.1, -0.05) is 6.07 Å². The molecule has 3 nitrogen and oxygen atoms in total. The molecule has 108 valence electrons. The van der Waals surface area contributed by atoms with Crippen LogP contribution in [0.25, 0.3) is 0 Å². The summed E-state index contributed by atoms with van der Waals surface area (Å²) in [6.07, 6.45) is 9.89. The van der Waals surface area contributed by atoms with Crippen LogP contribution in [0, 0.1) is 0 Å². The first kappa shape index (κ1) is 12.8. The van der Waals surface area contributed by atoms with Gasteiger partial charge in [-0.2, -0.15) is 0 Å². The third-order valence-electron chi connectivity index (χ3n) is 4.33. The summed E-state index contributed by atoms with van der Waals surface area (Å²) in [5.74, 6) is 1.79. The standard InChI is InChI=1S/C18H20N2O/c1-2-13-4-7-17(10-14(13)3-1)21-18-12-19-9-8-15(18)11-20-16-5-6-16/h4,7-10,12,16,20H,1-3,5-6,11H2. The van der Waals surface area contributed by atoms with E-state index in [0.29, 0.717) is 6.04 Å². The van der Waals surface area contributed by atoms with E-state index in [-0.39, 0.29) is 0 Å². The molecule has 1 fully saturated rings. The number of pyridine rings is 1. The maximum atomic E-state index is 6.08. The highest BCUT2D eigenvalue weighted by molar-refractivity contribution is 5.41. The number of aryl methyl sites for hydroxylation is 2. The molecule has 2 aliphatic rings. The van der Waals surface area contributed by atoms with E-state index in [1.165, 1.54) is 48.8 Å². The lowest BCUT2D eigenvalue weighted by atomic mass is 10.1. The molecule has 2 aromatic rings. The van der Waals surface area contributed by atoms with Crippen LogP contribution in [-0.4, -0.2) is 11.0 Å². The van der Waals surface area contributed by atoms with Crippen LogP contribution >= 0.6 is 0 Å². The van der Waals surface area contributed by atoms with Crippen LogP contribution in [0.4, 0.5) is 0 Å². The van der Waals surface area contributed by atoms with Crippen LogP contribution in [0.5, 0.6) is 11.5 Å². The average Bonchev–Trinajstić information content (AvgIpc) is 3.22. The Kier molecular flexibility index (Phi) is 3.36. The predicted molar refractivity (Wildman–Crippen MR) is 82.6 cm³/mol. The van der Waals surface area contributed by atoms with Crippen molar-refractivity contribution in [2.45, 2.75) is 44.7 Å². The zero-order valence-corrected chi connectivity index (χ0v) is 12.1. The molecule has 1 heterocycles. The van der Waals surface area contributed by atoms with Crippen LogP contribution in [0.15, 0.2) is 36.7 Å². The van der Waals surface area contributed by atoms with Crippen LogP contribution in [0.3, 0.4) is 0 Å². The third kappa shape index (κ3) is 2.93. The summed E-state index contributed by atoms with van der Waals surface area (Å²) in [4.78, 5) is 4.20. The number of benzene rings is 1. The smallest absolute Gasteiger partial charge is 0.150 e. The molecular formula is C18H20N2O. The summed E-state index contributed by atoms with van der Waals surface area (Å²) in [6, 6.07) is 9.21. The topological polar surface area (TPSA) is 34.1 Å². The molecule has 0 saturated heterocycles. The summed E-state index contributed by atoms with van der Waals surface area (Å²) in [6.45, 7) is 0.855. The molecule has 3 heteroatoms. The van der Waals surface area contributed by atoms with Gasteiger partial charge >= 0.3 is 0 Å². The molecule has 21 heavy (non-hydrogen) atoms. The van der Waals surface area contributed by atoms with Gasteiger partial charge in [-0.25, -0.2) is 0 Å². The minimum Gasteiger partial charge on any atom is -0.455 e. The van der Waals surface area contributed by atoms with Crippen molar-refractivity contribution in [3.63, 3.8) is 0 Å². The second-order valence-corrected chi connectivity index (χ2v) is 6.02. The third-order valence-corrected chi connectivity index (χ3v) is 4.33. The number of aromatic nitrogens is 1. The minimum atomic E-state index is 0.700. The normalized spacial score (nSPS) is 16.8. The number of nitrogens with zero attached hydrogens (tertiary/aromatic N) is 1. The Morgan fingerprint density at radius 1 is 1.14 bits per heavy atom. The molecule has 0 spiro atoms. The second kappa shape index (κ2) is 5.49. The zero-order chi connectivity index (χ0) is 14.1. The second-order valence-electron chi connectivity index (χ2n) is 6.02. The van der Waals surface area contributed by atoms with Crippen molar-refractivity contribution in [1.29, 1.82) is 0 Å². The molecule has 1 aromatic carbocycles. The maximum absolute atomic E-state index is 6.08. The van der Waals surface area contributed by atoms with E-state index in [2.05, 4.69) is 28.5 Å². The number of rotatable bonds is 5. The molecule has 0 atom stereocenters. The summed E-state index contributed by atoms with van der Waals surface area (Å²) < 4.78 is 6.08. The molecule has 0 bridgehead atoms. The zero-order valence-electron chi connectivity index (χ0n) is 12.1. The lowest BCUT2D eigenvalue weighted by Gasteiger charge is -2.12. The van der Waals surface area contributed by atoms with Gasteiger partial charge in [0.25, 0.3) is 0 Å². The Hall–Kier alpha value is -1.87. The number of hydrogen-bond acceptors (Lipinski definition) is 3. The summed E-state index contributed by atoms with van der Waals surface area (Å²) in [5, 5.41) is 3.53. The fourth-order valence-electron chi connectivity index (χ4n) is 2.93. The molecule has 1 saturated carbocycles. The number of hydrogen-bond donors (Lipinski definition) is 1. The van der Waals surface area contributed by atoms with Gasteiger partial charge in [0, 0.05) is 24.3 Å². The highest BCUT2D eigenvalue weighted by atomic mass is 16.5. The van der Waals surface area contributed by atoms with E-state index >= 15 is 0 Å². The highest BCUT2D eigenvalue weighted by Gasteiger charge is 2.20. The van der Waals surface area contributed by atoms with Gasteiger partial charge in [-0.3, -0.25) is 4.98 Å². The van der Waals surface area contributed by atoms with Gasteiger partial charge in [0.05, 0.1) is 6.20 Å². The van der Waals surface area contributed by atoms with E-state index in [0.717, 1.165) is 18.0 Å². The Morgan fingerprint density at radius 3 is 2.95 bits per heavy atom. The summed E-state index contributed by atoms with van der Waals surface area (Å²) >= 11 is 0. The van der Waals surface area contributed by atoms with E-state index in [1.54, 1.807) is 0 Å². The molecule has 1 N–H and O–H groups in total. The molecule has 1 aromatic heterocycles. The van der Waals surface area contributed by atoms with E-state index < -0.39 is 0 Å². The van der Waals surface area contributed by atoms with Crippen LogP contribution in [0.1, 0.15) is 36.0 Å². The van der Waals surface area contributed by atoms with Gasteiger partial charge in [0.1, 0.15) is 11.5 Å². The first-order valence-corrected chi connectivity index (χ1v) is 7.84. The van der Waals surface area contributed by atoms with Crippen molar-refractivity contribution in [3.05, 3.63) is 53.3 Å². The lowest BCUT2D eigenvalue weighted by Crippen LogP contribution is -2.15. The predicted octanol–water partition coefficient (Wildman–Crippen LogP) is 3.61. The van der Waals surface area contributed by atoms with E-state index in [4.69, 9.17) is 4.74 Å². The fraction of sp³-hybridized carbons (Fsp3) is 0.389. The molecule has 2 aliphatic carbocycles. The largest absolute Gasteiger partial charge is 0.455 e. The number of fused-ring (bicyclic) bond motifs is 1. The van der Waals surface area contributed by atoms with Gasteiger partial charge in [0.15, 0.2) is 0 Å². The molecule has 0 radical (unpaired) electrons. The molecular weight excluding hydrogens is 260 g/mol. The van der Waals surface area contributed by atoms with Crippen molar-refractivity contribution in [1.82, 2.24) is 10.3 Å². The lowest BCUT2D eigenvalue weighted by molar-refractivity contribution is 0.469. The van der Waals surface area contributed by atoms with Crippen molar-refractivity contribution in [2.24, 2.45) is 0 Å². The van der Waals surface area contributed by atoms with Gasteiger partial charge in [-0.05, 0) is 61.4 Å². The Balaban J connectivity index is 1.53. The molecule has 4 rings (SSSR count). The Bertz CT molecular complexity index is 649. The monoisotopic (exact) mass is 280 g/mol. The van der Waals surface area contributed by atoms with Crippen LogP contribution < -0.4 is 10.1 Å². The average molecular weight is 280 g/mol. The maximum Gasteiger partial charge on any atom is 0.150 e. The minimum absolute atomic E-state index is 0.700.